The number of ether oxygens (including phenoxy) is 1. The van der Waals surface area contributed by atoms with E-state index in [4.69, 9.17) is 9.15 Å². The Morgan fingerprint density at radius 3 is 2.62 bits per heavy atom. The molecule has 0 radical (unpaired) electrons. The van der Waals surface area contributed by atoms with Crippen molar-refractivity contribution >= 4 is 16.7 Å². The molecule has 0 bridgehead atoms. The molecular formula is C22H24N2O4S. The Bertz CT molecular complexity index is 1030. The summed E-state index contributed by atoms with van der Waals surface area (Å²) in [5.41, 5.74) is 3.43. The summed E-state index contributed by atoms with van der Waals surface area (Å²) in [6, 6.07) is 15.2. The number of methoxy groups -OCH3 is 1. The van der Waals surface area contributed by atoms with Gasteiger partial charge >= 0.3 is 0 Å². The van der Waals surface area contributed by atoms with Crippen LogP contribution < -0.4 is 10.1 Å². The molecule has 1 atom stereocenters. The van der Waals surface area contributed by atoms with E-state index < -0.39 is 10.8 Å². The van der Waals surface area contributed by atoms with Crippen molar-refractivity contribution in [2.75, 3.05) is 12.9 Å². The van der Waals surface area contributed by atoms with Gasteiger partial charge in [0, 0.05) is 28.5 Å². The van der Waals surface area contributed by atoms with Gasteiger partial charge in [0.15, 0.2) is 0 Å². The van der Waals surface area contributed by atoms with Gasteiger partial charge in [-0.25, -0.2) is 4.98 Å². The molecule has 0 unspecified atom stereocenters. The zero-order valence-electron chi connectivity index (χ0n) is 16.7. The van der Waals surface area contributed by atoms with Crippen molar-refractivity contribution in [3.8, 4) is 17.2 Å². The minimum atomic E-state index is -1.39. The lowest BCUT2D eigenvalue weighted by Crippen LogP contribution is -2.28. The first-order valence-electron chi connectivity index (χ1n) is 9.23. The Morgan fingerprint density at radius 1 is 1.14 bits per heavy atom. The molecule has 2 aromatic carbocycles. The second-order valence-corrected chi connectivity index (χ2v) is 8.11. The first-order valence-corrected chi connectivity index (χ1v) is 10.7. The molecule has 3 rings (SSSR count). The number of carbonyl (C=O) groups excluding carboxylic acids is 1. The van der Waals surface area contributed by atoms with Gasteiger partial charge in [-0.15, -0.1) is 0 Å². The lowest BCUT2D eigenvalue weighted by atomic mass is 10.1. The molecule has 6 nitrogen and oxygen atoms in total. The molecule has 0 spiro atoms. The van der Waals surface area contributed by atoms with Crippen molar-refractivity contribution in [1.29, 1.82) is 0 Å². The van der Waals surface area contributed by atoms with E-state index in [9.17, 15) is 9.00 Å². The number of para-hydroxylation sites is 1. The zero-order valence-corrected chi connectivity index (χ0v) is 17.5. The Kier molecular flexibility index (Phi) is 6.82. The van der Waals surface area contributed by atoms with Crippen LogP contribution in [0.2, 0.25) is 0 Å². The summed E-state index contributed by atoms with van der Waals surface area (Å²) in [5.74, 6) is 1.62. The summed E-state index contributed by atoms with van der Waals surface area (Å²) >= 11 is 0. The number of benzene rings is 2. The summed E-state index contributed by atoms with van der Waals surface area (Å²) in [4.78, 5) is 16.7. The Balaban J connectivity index is 1.58. The first kappa shape index (κ1) is 20.8. The van der Waals surface area contributed by atoms with Crippen LogP contribution in [0, 0.1) is 13.8 Å². The maximum absolute atomic E-state index is 12.5. The summed E-state index contributed by atoms with van der Waals surface area (Å²) < 4.78 is 23.5. The third-order valence-corrected chi connectivity index (χ3v) is 5.71. The van der Waals surface area contributed by atoms with Gasteiger partial charge in [0.2, 0.25) is 11.8 Å². The highest BCUT2D eigenvalue weighted by Gasteiger charge is 2.17. The molecule has 1 N–H and O–H groups in total. The van der Waals surface area contributed by atoms with Gasteiger partial charge in [0.1, 0.15) is 17.3 Å². The van der Waals surface area contributed by atoms with E-state index in [-0.39, 0.29) is 17.4 Å². The fourth-order valence-corrected chi connectivity index (χ4v) is 4.00. The topological polar surface area (TPSA) is 81.4 Å². The molecule has 152 valence electrons. The summed E-state index contributed by atoms with van der Waals surface area (Å²) in [6.45, 7) is 4.10. The van der Waals surface area contributed by atoms with Gasteiger partial charge in [-0.1, -0.05) is 36.4 Å². The number of oxazole rings is 1. The molecule has 0 aliphatic rings. The largest absolute Gasteiger partial charge is 0.496 e. The lowest BCUT2D eigenvalue weighted by Gasteiger charge is -2.09. The fourth-order valence-electron chi connectivity index (χ4n) is 2.93. The van der Waals surface area contributed by atoms with E-state index in [1.54, 1.807) is 14.0 Å². The van der Waals surface area contributed by atoms with Crippen LogP contribution in [0.1, 0.15) is 22.6 Å². The summed E-state index contributed by atoms with van der Waals surface area (Å²) in [7, 11) is 0.194. The highest BCUT2D eigenvalue weighted by molar-refractivity contribution is 7.84. The maximum Gasteiger partial charge on any atom is 0.232 e. The van der Waals surface area contributed by atoms with Crippen LogP contribution in [-0.4, -0.2) is 28.0 Å². The van der Waals surface area contributed by atoms with E-state index in [2.05, 4.69) is 10.3 Å². The van der Waals surface area contributed by atoms with Crippen molar-refractivity contribution in [2.45, 2.75) is 26.1 Å². The number of hydrogen-bond donors (Lipinski definition) is 1. The average Bonchev–Trinajstić information content (AvgIpc) is 3.06. The minimum Gasteiger partial charge on any atom is -0.496 e. The van der Waals surface area contributed by atoms with Gasteiger partial charge in [0.25, 0.3) is 0 Å². The number of carbonyl (C=O) groups is 1. The normalized spacial score (nSPS) is 11.8. The van der Waals surface area contributed by atoms with Crippen LogP contribution in [-0.2, 0) is 27.9 Å². The molecule has 3 aromatic rings. The van der Waals surface area contributed by atoms with Crippen molar-refractivity contribution in [2.24, 2.45) is 0 Å². The van der Waals surface area contributed by atoms with E-state index in [0.717, 1.165) is 16.7 Å². The molecule has 1 amide bonds. The molecular weight excluding hydrogens is 388 g/mol. The van der Waals surface area contributed by atoms with Gasteiger partial charge in [0.05, 0.1) is 18.6 Å². The predicted octanol–water partition coefficient (Wildman–Crippen LogP) is 3.53. The van der Waals surface area contributed by atoms with Gasteiger partial charge in [-0.2, -0.15) is 0 Å². The highest BCUT2D eigenvalue weighted by Crippen LogP contribution is 2.25. The summed E-state index contributed by atoms with van der Waals surface area (Å²) in [5, 5.41) is 2.79. The second kappa shape index (κ2) is 9.52. The number of aryl methyl sites for hydroxylation is 2. The van der Waals surface area contributed by atoms with Gasteiger partial charge in [-0.3, -0.25) is 9.00 Å². The van der Waals surface area contributed by atoms with Crippen molar-refractivity contribution in [3.63, 3.8) is 0 Å². The number of nitrogens with zero attached hydrogens (tertiary/aromatic N) is 1. The Morgan fingerprint density at radius 2 is 1.86 bits per heavy atom. The van der Waals surface area contributed by atoms with Crippen LogP contribution in [0.3, 0.4) is 0 Å². The molecule has 0 aliphatic carbocycles. The SMILES string of the molecule is COc1ccccc1CNC(=O)C[S@](=O)Cc1nc(-c2ccccc2C)oc1C. The third kappa shape index (κ3) is 5.32. The second-order valence-electron chi connectivity index (χ2n) is 6.65. The van der Waals surface area contributed by atoms with E-state index in [1.807, 2.05) is 55.5 Å². The molecule has 1 heterocycles. The molecule has 1 aromatic heterocycles. The number of rotatable bonds is 8. The molecule has 0 saturated heterocycles. The van der Waals surface area contributed by atoms with Crippen molar-refractivity contribution in [1.82, 2.24) is 10.3 Å². The summed E-state index contributed by atoms with van der Waals surface area (Å²) in [6.07, 6.45) is 0. The van der Waals surface area contributed by atoms with Gasteiger partial charge < -0.3 is 14.5 Å². The molecule has 7 heteroatoms. The standard InChI is InChI=1S/C22H24N2O4S/c1-15-8-4-6-10-18(15)22-24-19(16(2)28-22)13-29(26)14-21(25)23-12-17-9-5-7-11-20(17)27-3/h4-11H,12-14H2,1-3H3,(H,23,25)/t29-/m1/s1. The maximum atomic E-state index is 12.5. The minimum absolute atomic E-state index is 0.0961. The average molecular weight is 413 g/mol. The van der Waals surface area contributed by atoms with Crippen LogP contribution >= 0.6 is 0 Å². The molecule has 0 saturated carbocycles. The Hall–Kier alpha value is -2.93. The van der Waals surface area contributed by atoms with Gasteiger partial charge in [-0.05, 0) is 31.5 Å². The number of amides is 1. The fraction of sp³-hybridized carbons (Fsp3) is 0.273. The van der Waals surface area contributed by atoms with Crippen LogP contribution in [0.5, 0.6) is 5.75 Å². The van der Waals surface area contributed by atoms with Crippen LogP contribution in [0.25, 0.3) is 11.5 Å². The molecule has 29 heavy (non-hydrogen) atoms. The van der Waals surface area contributed by atoms with Crippen molar-refractivity contribution < 1.29 is 18.2 Å². The van der Waals surface area contributed by atoms with Crippen LogP contribution in [0.4, 0.5) is 0 Å². The number of aromatic nitrogens is 1. The molecule has 0 aliphatic heterocycles. The smallest absolute Gasteiger partial charge is 0.232 e. The quantitative estimate of drug-likeness (QED) is 0.612. The number of hydrogen-bond acceptors (Lipinski definition) is 5. The van der Waals surface area contributed by atoms with E-state index in [1.165, 1.54) is 0 Å². The molecule has 0 fully saturated rings. The van der Waals surface area contributed by atoms with Crippen molar-refractivity contribution in [3.05, 3.63) is 71.1 Å². The zero-order chi connectivity index (χ0) is 20.8. The first-order chi connectivity index (χ1) is 14.0. The number of nitrogens with one attached hydrogen (secondary N) is 1. The Labute approximate surface area is 172 Å². The van der Waals surface area contributed by atoms with E-state index >= 15 is 0 Å². The highest BCUT2D eigenvalue weighted by atomic mass is 32.2. The third-order valence-electron chi connectivity index (χ3n) is 4.53. The van der Waals surface area contributed by atoms with E-state index in [0.29, 0.717) is 29.6 Å². The lowest BCUT2D eigenvalue weighted by molar-refractivity contribution is -0.118. The van der Waals surface area contributed by atoms with Crippen LogP contribution in [0.15, 0.2) is 52.9 Å². The monoisotopic (exact) mass is 412 g/mol. The predicted molar refractivity (Wildman–Crippen MR) is 113 cm³/mol.